The van der Waals surface area contributed by atoms with Crippen LogP contribution in [0.4, 0.5) is 17.5 Å². The summed E-state index contributed by atoms with van der Waals surface area (Å²) in [6.07, 6.45) is 1.86. The van der Waals surface area contributed by atoms with Crippen LogP contribution in [0.15, 0.2) is 30.5 Å². The molecule has 20 heteroatoms. The molecule has 0 radical (unpaired) electrons. The average Bonchev–Trinajstić information content (AvgIpc) is 3.03. The molecule has 0 aliphatic carbocycles. The first-order valence-electron chi connectivity index (χ1n) is 14.3. The number of hydrogen-bond acceptors (Lipinski definition) is 12. The molecule has 4 rings (SSSR count). The lowest BCUT2D eigenvalue weighted by Gasteiger charge is -2.34. The summed E-state index contributed by atoms with van der Waals surface area (Å²) in [4.78, 5) is 52.7. The standard InChI is InChI=1S/C20H22N8O5.C7H15Cl2N2O2P/c1-28(9-11-8-23-17-15(24-11)16(21)26-20(22)27-17)12-4-2-10(3-5-12)18(31)25-13(19(32)33)6-7-14(29)30;8-2-4-10-14(12)11(6-3-9)5-1-7-13-14/h2-5,8,13H,6-7,9H2,1H3,(H,25,31)(H,29,30)(H,32,33)(H4,21,22,23,26,27);1-7H2,(H,10,12). The van der Waals surface area contributed by atoms with E-state index in [0.717, 1.165) is 18.7 Å². The van der Waals surface area contributed by atoms with E-state index in [2.05, 4.69) is 30.3 Å². The van der Waals surface area contributed by atoms with Crippen LogP contribution in [0.25, 0.3) is 11.2 Å². The van der Waals surface area contributed by atoms with Crippen molar-refractivity contribution < 1.29 is 33.7 Å². The molecule has 1 aliphatic heterocycles. The second-order valence-electron chi connectivity index (χ2n) is 10.1. The zero-order valence-corrected chi connectivity index (χ0v) is 27.9. The third kappa shape index (κ3) is 11.1. The normalized spacial score (nSPS) is 16.9. The van der Waals surface area contributed by atoms with Gasteiger partial charge < -0.3 is 36.4 Å². The van der Waals surface area contributed by atoms with Crippen LogP contribution in [-0.4, -0.2) is 104 Å². The van der Waals surface area contributed by atoms with E-state index < -0.39 is 31.6 Å². The zero-order chi connectivity index (χ0) is 34.6. The summed E-state index contributed by atoms with van der Waals surface area (Å²) in [5.74, 6) is -2.03. The molecule has 3 heterocycles. The molecule has 1 amide bonds. The highest BCUT2D eigenvalue weighted by molar-refractivity contribution is 7.54. The molecule has 47 heavy (non-hydrogen) atoms. The van der Waals surface area contributed by atoms with Gasteiger partial charge in [-0.1, -0.05) is 0 Å². The van der Waals surface area contributed by atoms with Crippen LogP contribution in [0.3, 0.4) is 0 Å². The van der Waals surface area contributed by atoms with Crippen LogP contribution in [0, 0.1) is 0 Å². The monoisotopic (exact) mass is 714 g/mol. The van der Waals surface area contributed by atoms with Crippen molar-refractivity contribution in [2.24, 2.45) is 0 Å². The van der Waals surface area contributed by atoms with E-state index in [-0.39, 0.29) is 30.2 Å². The zero-order valence-electron chi connectivity index (χ0n) is 25.5. The summed E-state index contributed by atoms with van der Waals surface area (Å²) >= 11 is 11.1. The Bertz CT molecular complexity index is 1590. The Morgan fingerprint density at radius 3 is 2.49 bits per heavy atom. The summed E-state index contributed by atoms with van der Waals surface area (Å²) in [6, 6.07) is 5.16. The fraction of sp³-hybridized carbons (Fsp3) is 0.444. The number of halogens is 2. The molecule has 1 aromatic carbocycles. The van der Waals surface area contributed by atoms with Gasteiger partial charge in [-0.25, -0.2) is 24.5 Å². The molecule has 8 N–H and O–H groups in total. The van der Waals surface area contributed by atoms with E-state index in [1.165, 1.54) is 12.1 Å². The average molecular weight is 716 g/mol. The molecule has 0 spiro atoms. The van der Waals surface area contributed by atoms with Crippen LogP contribution in [0.1, 0.15) is 35.3 Å². The number of alkyl halides is 2. The first-order valence-corrected chi connectivity index (χ1v) is 17.0. The molecule has 1 fully saturated rings. The van der Waals surface area contributed by atoms with Gasteiger partial charge in [0.1, 0.15) is 6.04 Å². The lowest BCUT2D eigenvalue weighted by Crippen LogP contribution is -2.41. The number of amides is 1. The minimum absolute atomic E-state index is 0.0138. The quantitative estimate of drug-likeness (QED) is 0.103. The Morgan fingerprint density at radius 1 is 1.13 bits per heavy atom. The third-order valence-electron chi connectivity index (χ3n) is 6.67. The van der Waals surface area contributed by atoms with E-state index in [9.17, 15) is 24.1 Å². The number of nitrogens with zero attached hydrogens (tertiary/aromatic N) is 6. The van der Waals surface area contributed by atoms with Crippen LogP contribution in [-0.2, 0) is 25.2 Å². The number of benzene rings is 1. The van der Waals surface area contributed by atoms with Gasteiger partial charge in [0.05, 0.1) is 25.0 Å². The number of fused-ring (bicyclic) bond motifs is 1. The molecule has 2 unspecified atom stereocenters. The number of carboxylic acids is 2. The van der Waals surface area contributed by atoms with Gasteiger partial charge in [-0.3, -0.25) is 14.2 Å². The number of aromatic nitrogens is 4. The van der Waals surface area contributed by atoms with Gasteiger partial charge in [0.25, 0.3) is 5.91 Å². The maximum atomic E-state index is 12.4. The minimum atomic E-state index is -2.84. The van der Waals surface area contributed by atoms with Crippen LogP contribution in [0.5, 0.6) is 0 Å². The molecule has 2 aromatic heterocycles. The molecule has 0 bridgehead atoms. The van der Waals surface area contributed by atoms with Crippen LogP contribution >= 0.6 is 30.9 Å². The van der Waals surface area contributed by atoms with E-state index >= 15 is 0 Å². The second kappa shape index (κ2) is 17.9. The summed E-state index contributed by atoms with van der Waals surface area (Å²) in [5, 5.41) is 23.1. The van der Waals surface area contributed by atoms with Crippen molar-refractivity contribution in [3.8, 4) is 0 Å². The number of anilines is 3. The highest BCUT2D eigenvalue weighted by atomic mass is 35.5. The summed E-state index contributed by atoms with van der Waals surface area (Å²) in [7, 11) is -1.03. The fourth-order valence-corrected chi connectivity index (χ4v) is 6.89. The topological polar surface area (TPSA) is 252 Å². The first kappa shape index (κ1) is 37.6. The SMILES string of the molecule is CN(Cc1cnc2nc(N)nc(N)c2n1)c1ccc(C(=O)NC(CCC(=O)O)C(=O)O)cc1.O=P1(NCCCl)OCCCN1CCCl. The maximum absolute atomic E-state index is 12.4. The van der Waals surface area contributed by atoms with Crippen molar-refractivity contribution in [1.29, 1.82) is 0 Å². The Kier molecular flexibility index (Phi) is 14.3. The molecular formula is C27H37Cl2N10O7P. The predicted octanol–water partition coefficient (Wildman–Crippen LogP) is 2.15. The molecule has 0 saturated carbocycles. The van der Waals surface area contributed by atoms with Crippen molar-refractivity contribution >= 4 is 77.3 Å². The third-order valence-corrected chi connectivity index (χ3v) is 9.33. The first-order chi connectivity index (χ1) is 22.4. The summed E-state index contributed by atoms with van der Waals surface area (Å²) in [5.41, 5.74) is 13.7. The number of nitrogens with two attached hydrogens (primary N) is 2. The fourth-order valence-electron chi connectivity index (χ4n) is 4.35. The van der Waals surface area contributed by atoms with Gasteiger partial charge in [-0.2, -0.15) is 9.97 Å². The molecule has 2 atom stereocenters. The van der Waals surface area contributed by atoms with Gasteiger partial charge in [0.2, 0.25) is 5.95 Å². The molecule has 17 nitrogen and oxygen atoms in total. The van der Waals surface area contributed by atoms with Gasteiger partial charge in [-0.15, -0.1) is 23.2 Å². The highest BCUT2D eigenvalue weighted by Gasteiger charge is 2.33. The van der Waals surface area contributed by atoms with Crippen LogP contribution < -0.4 is 26.8 Å². The number of carbonyl (C=O) groups excluding carboxylic acids is 1. The van der Waals surface area contributed by atoms with Gasteiger partial charge in [0, 0.05) is 56.1 Å². The van der Waals surface area contributed by atoms with E-state index in [4.69, 9.17) is 44.3 Å². The van der Waals surface area contributed by atoms with Crippen molar-refractivity contribution in [1.82, 2.24) is 35.0 Å². The lowest BCUT2D eigenvalue weighted by atomic mass is 10.1. The number of aliphatic carboxylic acids is 2. The van der Waals surface area contributed by atoms with Crippen LogP contribution in [0.2, 0.25) is 0 Å². The molecule has 1 saturated heterocycles. The Labute approximate surface area is 280 Å². The molecule has 3 aromatic rings. The number of carboxylic acid groups (broad SMARTS) is 2. The molecular weight excluding hydrogens is 678 g/mol. The van der Waals surface area contributed by atoms with E-state index in [1.807, 2.05) is 11.9 Å². The number of nitrogens with one attached hydrogen (secondary N) is 2. The summed E-state index contributed by atoms with van der Waals surface area (Å²) < 4.78 is 19.2. The van der Waals surface area contributed by atoms with Crippen molar-refractivity contribution in [3.05, 3.63) is 41.7 Å². The molecule has 1 aliphatic rings. The van der Waals surface area contributed by atoms with Crippen molar-refractivity contribution in [2.45, 2.75) is 31.8 Å². The number of hydrogen-bond donors (Lipinski definition) is 6. The van der Waals surface area contributed by atoms with Gasteiger partial charge >= 0.3 is 19.6 Å². The minimum Gasteiger partial charge on any atom is -0.481 e. The molecule has 256 valence electrons. The van der Waals surface area contributed by atoms with Crippen molar-refractivity contribution in [2.75, 3.05) is 61.4 Å². The number of nitrogen functional groups attached to an aromatic ring is 2. The maximum Gasteiger partial charge on any atom is 0.343 e. The number of rotatable bonds is 14. The smallest absolute Gasteiger partial charge is 0.343 e. The lowest BCUT2D eigenvalue weighted by molar-refractivity contribution is -0.140. The predicted molar refractivity (Wildman–Crippen MR) is 177 cm³/mol. The summed E-state index contributed by atoms with van der Waals surface area (Å²) in [6.45, 7) is 2.73. The Hall–Kier alpha value is -3.86. The number of carbonyl (C=O) groups is 3. The highest BCUT2D eigenvalue weighted by Crippen LogP contribution is 2.48. The second-order valence-corrected chi connectivity index (χ2v) is 13.1. The Morgan fingerprint density at radius 2 is 1.85 bits per heavy atom. The van der Waals surface area contributed by atoms with E-state index in [0.29, 0.717) is 54.9 Å². The Balaban J connectivity index is 0.000000358. The largest absolute Gasteiger partial charge is 0.481 e. The van der Waals surface area contributed by atoms with Gasteiger partial charge in [-0.05, 0) is 37.1 Å². The van der Waals surface area contributed by atoms with Gasteiger partial charge in [0.15, 0.2) is 17.0 Å². The van der Waals surface area contributed by atoms with E-state index in [1.54, 1.807) is 23.0 Å². The van der Waals surface area contributed by atoms with Crippen molar-refractivity contribution in [3.63, 3.8) is 0 Å².